The number of hydrogen-bond acceptors (Lipinski definition) is 5. The fourth-order valence-electron chi connectivity index (χ4n) is 17.3. The molecule has 3 heterocycles. The molecule has 0 unspecified atom stereocenters. The summed E-state index contributed by atoms with van der Waals surface area (Å²) in [6, 6.07) is 163. The van der Waals surface area contributed by atoms with Gasteiger partial charge in [0.05, 0.1) is 0 Å². The number of fused-ring (bicyclic) bond motifs is 9. The molecule has 0 bridgehead atoms. The third-order valence-corrected chi connectivity index (χ3v) is 24.5. The van der Waals surface area contributed by atoms with Gasteiger partial charge in [0.15, 0.2) is 11.6 Å². The molecule has 127 heavy (non-hydrogen) atoms. The minimum Gasteiger partial charge on any atom is -0.456 e. The van der Waals surface area contributed by atoms with Crippen molar-refractivity contribution >= 4 is 85.8 Å². The van der Waals surface area contributed by atoms with Crippen LogP contribution < -0.4 is 0 Å². The van der Waals surface area contributed by atoms with Crippen molar-refractivity contribution < 1.29 is 4.42 Å². The molecule has 0 saturated heterocycles. The van der Waals surface area contributed by atoms with Gasteiger partial charge in [-0.1, -0.05) is 400 Å². The van der Waals surface area contributed by atoms with Crippen molar-refractivity contribution in [3.8, 4) is 123 Å². The van der Waals surface area contributed by atoms with E-state index in [1.807, 2.05) is 49.4 Å². The molecule has 0 radical (unpaired) electrons. The standard InChI is InChI=1S/C29H22.C25H18O.2C23H18.C22H15N3S/c1-21-18-24(22-10-4-2-5-11-22)20-25(19-21)27-17-16-26(23-12-6-3-7-13-23)28-14-8-9-15-29(27)28;1-17-13-20(18-7-3-2-4-8-18)15-21(14-17)19-11-12-23-22-9-5-6-10-24(22)26-25(23)16-19;1-17-14-20(18-8-3-2-4-9-18)16-21(15-17)23-13-7-11-19-10-5-6-12-22(19)23;1-17-13-22(18-7-3-2-4-8-18)16-23(14-17)21-12-11-19-9-5-6-10-20(19)15-21;1-14-23-21(15-7-3-2-4-8-15)25-22(24-14)16-11-12-18-17-9-5-6-10-19(17)26-20(18)13-16/h2-20H,1H3;2-16H,1H3;2*2-16H,1H3;2-13H,1H3. The smallest absolute Gasteiger partial charge is 0.163 e. The number of aromatic nitrogens is 3. The number of aryl methyl sites for hydroxylation is 5. The molecule has 5 heteroatoms. The van der Waals surface area contributed by atoms with Crippen molar-refractivity contribution in [3.63, 3.8) is 0 Å². The second-order valence-corrected chi connectivity index (χ2v) is 33.6. The Hall–Kier alpha value is -15.8. The van der Waals surface area contributed by atoms with Gasteiger partial charge in [0, 0.05) is 42.1 Å². The number of benzene rings is 20. The van der Waals surface area contributed by atoms with Crippen LogP contribution in [0.15, 0.2) is 465 Å². The van der Waals surface area contributed by atoms with Crippen LogP contribution in [0.5, 0.6) is 0 Å². The molecule has 3 aromatic heterocycles. The molecular formula is C122H91N3OS. The van der Waals surface area contributed by atoms with E-state index in [0.717, 1.165) is 33.9 Å². The lowest BCUT2D eigenvalue weighted by atomic mass is 9.90. The number of furan rings is 1. The van der Waals surface area contributed by atoms with E-state index in [2.05, 4.69) is 456 Å². The second kappa shape index (κ2) is 37.1. The lowest BCUT2D eigenvalue weighted by Gasteiger charge is -2.14. The highest BCUT2D eigenvalue weighted by atomic mass is 32.1. The zero-order valence-corrected chi connectivity index (χ0v) is 72.4. The van der Waals surface area contributed by atoms with Gasteiger partial charge in [0.25, 0.3) is 0 Å². The predicted octanol–water partition coefficient (Wildman–Crippen LogP) is 34.2. The maximum absolute atomic E-state index is 6.06. The van der Waals surface area contributed by atoms with Crippen molar-refractivity contribution in [3.05, 3.63) is 489 Å². The van der Waals surface area contributed by atoms with Crippen LogP contribution in [0, 0.1) is 34.6 Å². The molecule has 0 aliphatic heterocycles. The van der Waals surface area contributed by atoms with E-state index >= 15 is 0 Å². The number of rotatable bonds is 11. The third-order valence-electron chi connectivity index (χ3n) is 23.4. The fourth-order valence-corrected chi connectivity index (χ4v) is 18.5. The van der Waals surface area contributed by atoms with Crippen LogP contribution in [-0.2, 0) is 0 Å². The zero-order chi connectivity index (χ0) is 85.9. The third kappa shape index (κ3) is 18.3. The van der Waals surface area contributed by atoms with Gasteiger partial charge in [-0.15, -0.1) is 11.3 Å². The first kappa shape index (κ1) is 80.9. The molecule has 4 nitrogen and oxygen atoms in total. The van der Waals surface area contributed by atoms with Gasteiger partial charge < -0.3 is 4.42 Å². The molecule has 0 N–H and O–H groups in total. The van der Waals surface area contributed by atoms with E-state index in [1.165, 1.54) is 186 Å². The Labute approximate surface area is 746 Å². The van der Waals surface area contributed by atoms with E-state index in [0.29, 0.717) is 5.82 Å². The number of para-hydroxylation sites is 1. The van der Waals surface area contributed by atoms with E-state index in [-0.39, 0.29) is 0 Å². The lowest BCUT2D eigenvalue weighted by molar-refractivity contribution is 0.669. The quantitative estimate of drug-likeness (QED) is 0.129. The van der Waals surface area contributed by atoms with Crippen molar-refractivity contribution in [1.82, 2.24) is 15.0 Å². The Bertz CT molecular complexity index is 7650. The predicted molar refractivity (Wildman–Crippen MR) is 542 cm³/mol. The van der Waals surface area contributed by atoms with Crippen LogP contribution in [0.1, 0.15) is 28.1 Å². The van der Waals surface area contributed by atoms with Gasteiger partial charge in [0.1, 0.15) is 17.0 Å². The van der Waals surface area contributed by atoms with Crippen LogP contribution in [0.2, 0.25) is 0 Å². The number of thiophene rings is 1. The summed E-state index contributed by atoms with van der Waals surface area (Å²) in [4.78, 5) is 13.8. The average Bonchev–Trinajstić information content (AvgIpc) is 1.65. The van der Waals surface area contributed by atoms with E-state index in [4.69, 9.17) is 9.40 Å². The summed E-state index contributed by atoms with van der Waals surface area (Å²) in [5.41, 5.74) is 31.6. The van der Waals surface area contributed by atoms with Gasteiger partial charge in [-0.05, 0) is 250 Å². The topological polar surface area (TPSA) is 51.8 Å². The first-order valence-corrected chi connectivity index (χ1v) is 44.1. The Morgan fingerprint density at radius 1 is 0.173 bits per heavy atom. The summed E-state index contributed by atoms with van der Waals surface area (Å²) in [6.07, 6.45) is 0. The second-order valence-electron chi connectivity index (χ2n) is 32.5. The molecular weight excluding hydrogens is 1560 g/mol. The maximum atomic E-state index is 6.06. The molecule has 0 aliphatic carbocycles. The highest BCUT2D eigenvalue weighted by Gasteiger charge is 2.17. The van der Waals surface area contributed by atoms with Crippen molar-refractivity contribution in [2.24, 2.45) is 0 Å². The summed E-state index contributed by atoms with van der Waals surface area (Å²) >= 11 is 1.80. The molecule has 606 valence electrons. The van der Waals surface area contributed by atoms with E-state index < -0.39 is 0 Å². The molecule has 20 aromatic carbocycles. The summed E-state index contributed by atoms with van der Waals surface area (Å²) < 4.78 is 8.61. The van der Waals surface area contributed by atoms with Crippen molar-refractivity contribution in [2.45, 2.75) is 34.6 Å². The van der Waals surface area contributed by atoms with Gasteiger partial charge in [-0.2, -0.15) is 0 Å². The van der Waals surface area contributed by atoms with Gasteiger partial charge in [-0.25, -0.2) is 15.0 Å². The zero-order valence-electron chi connectivity index (χ0n) is 71.5. The van der Waals surface area contributed by atoms with Crippen LogP contribution in [-0.4, -0.2) is 15.0 Å². The summed E-state index contributed by atoms with van der Waals surface area (Å²) in [5, 5.41) is 12.7. The normalized spacial score (nSPS) is 11.0. The minimum absolute atomic E-state index is 0.713. The largest absolute Gasteiger partial charge is 0.456 e. The SMILES string of the molecule is Cc1cc(-c2ccccc2)cc(-c2ccc(-c3ccccc3)c3ccccc23)c1.Cc1cc(-c2ccccc2)cc(-c2ccc3c(c2)oc2ccccc23)c1.Cc1cc(-c2ccccc2)cc(-c2ccc3ccccc3c2)c1.Cc1cc(-c2ccccc2)cc(-c2cccc3ccccc23)c1.Cc1nc(-c2ccccc2)nc(-c2ccc3c(c2)sc2ccccc23)n1. The van der Waals surface area contributed by atoms with Crippen molar-refractivity contribution in [1.29, 1.82) is 0 Å². The Kier molecular flexibility index (Phi) is 23.6. The van der Waals surface area contributed by atoms with E-state index in [9.17, 15) is 0 Å². The monoisotopic (exact) mass is 1650 g/mol. The first-order valence-electron chi connectivity index (χ1n) is 43.3. The van der Waals surface area contributed by atoms with Crippen LogP contribution in [0.4, 0.5) is 0 Å². The van der Waals surface area contributed by atoms with Gasteiger partial charge in [0.2, 0.25) is 0 Å². The molecule has 0 aliphatic rings. The van der Waals surface area contributed by atoms with Crippen LogP contribution >= 0.6 is 11.3 Å². The van der Waals surface area contributed by atoms with E-state index in [1.54, 1.807) is 11.3 Å². The summed E-state index contributed by atoms with van der Waals surface area (Å²) in [5.74, 6) is 2.16. The van der Waals surface area contributed by atoms with Crippen LogP contribution in [0.25, 0.3) is 197 Å². The molecule has 23 aromatic rings. The molecule has 0 spiro atoms. The lowest BCUT2D eigenvalue weighted by Crippen LogP contribution is -1.99. The average molecular weight is 1650 g/mol. The maximum Gasteiger partial charge on any atom is 0.163 e. The highest BCUT2D eigenvalue weighted by molar-refractivity contribution is 7.25. The summed E-state index contributed by atoms with van der Waals surface area (Å²) in [7, 11) is 0. The van der Waals surface area contributed by atoms with Crippen molar-refractivity contribution in [2.75, 3.05) is 0 Å². The Morgan fingerprint density at radius 3 is 1.06 bits per heavy atom. The number of hydrogen-bond donors (Lipinski definition) is 0. The highest BCUT2D eigenvalue weighted by Crippen LogP contribution is 2.42. The Morgan fingerprint density at radius 2 is 0.520 bits per heavy atom. The first-order chi connectivity index (χ1) is 62.4. The minimum atomic E-state index is 0.713. The number of nitrogens with zero attached hydrogens (tertiary/aromatic N) is 3. The summed E-state index contributed by atoms with van der Waals surface area (Å²) in [6.45, 7) is 10.6. The molecule has 0 fully saturated rings. The molecule has 23 rings (SSSR count). The Balaban J connectivity index is 0.000000104. The van der Waals surface area contributed by atoms with Gasteiger partial charge in [-0.3, -0.25) is 0 Å². The van der Waals surface area contributed by atoms with Crippen LogP contribution in [0.3, 0.4) is 0 Å². The van der Waals surface area contributed by atoms with Gasteiger partial charge >= 0.3 is 0 Å². The molecule has 0 amide bonds. The fraction of sp³-hybridized carbons (Fsp3) is 0.0410. The molecule has 0 saturated carbocycles. The molecule has 0 atom stereocenters.